The molecule has 34 heavy (non-hydrogen) atoms. The summed E-state index contributed by atoms with van der Waals surface area (Å²) >= 11 is 0. The molecule has 2 aromatic rings. The number of sulfonamides is 1. The lowest BCUT2D eigenvalue weighted by atomic mass is 10.0. The summed E-state index contributed by atoms with van der Waals surface area (Å²) in [6.45, 7) is 10.5. The first-order valence-corrected chi connectivity index (χ1v) is 13.2. The summed E-state index contributed by atoms with van der Waals surface area (Å²) in [5.74, 6) is 0.955. The molecule has 0 aromatic heterocycles. The van der Waals surface area contributed by atoms with Crippen molar-refractivity contribution in [2.24, 2.45) is 5.92 Å². The largest absolute Gasteiger partial charge is 0.494 e. The summed E-state index contributed by atoms with van der Waals surface area (Å²) in [4.78, 5) is 15.2. The summed E-state index contributed by atoms with van der Waals surface area (Å²) in [7, 11) is -3.75. The monoisotopic (exact) mass is 489 g/mol. The first kappa shape index (κ1) is 26.0. The Hall–Kier alpha value is -2.62. The fraction of sp³-hybridized carbons (Fsp3) is 0.480. The number of amides is 1. The van der Waals surface area contributed by atoms with Gasteiger partial charge in [0.25, 0.3) is 15.9 Å². The molecule has 0 unspecified atom stereocenters. The van der Waals surface area contributed by atoms with Crippen LogP contribution in [0.15, 0.2) is 53.4 Å². The topological polar surface area (TPSA) is 97.0 Å². The number of nitrogens with one attached hydrogen (secondary N) is 2. The van der Waals surface area contributed by atoms with E-state index in [4.69, 9.17) is 9.47 Å². The molecule has 186 valence electrons. The average molecular weight is 490 g/mol. The molecule has 2 aromatic carbocycles. The first-order chi connectivity index (χ1) is 16.3. The van der Waals surface area contributed by atoms with Crippen LogP contribution in [-0.2, 0) is 14.8 Å². The summed E-state index contributed by atoms with van der Waals surface area (Å²) < 4.78 is 38.7. The first-order valence-electron chi connectivity index (χ1n) is 11.7. The zero-order chi connectivity index (χ0) is 24.6. The number of morpholine rings is 1. The average Bonchev–Trinajstić information content (AvgIpc) is 2.83. The van der Waals surface area contributed by atoms with Gasteiger partial charge in [-0.25, -0.2) is 8.42 Å². The van der Waals surface area contributed by atoms with E-state index in [1.807, 2.05) is 6.92 Å². The molecule has 1 fully saturated rings. The van der Waals surface area contributed by atoms with Crippen LogP contribution in [0.3, 0.4) is 0 Å². The maximum absolute atomic E-state index is 12.7. The molecule has 1 aliphatic heterocycles. The number of ether oxygens (including phenoxy) is 2. The van der Waals surface area contributed by atoms with E-state index in [1.54, 1.807) is 36.4 Å². The lowest BCUT2D eigenvalue weighted by molar-refractivity contribution is 0.0124. The van der Waals surface area contributed by atoms with Crippen molar-refractivity contribution < 1.29 is 22.7 Å². The van der Waals surface area contributed by atoms with Crippen LogP contribution < -0.4 is 14.8 Å². The Morgan fingerprint density at radius 1 is 1.06 bits per heavy atom. The minimum atomic E-state index is -3.75. The number of hydrogen-bond donors (Lipinski definition) is 2. The highest BCUT2D eigenvalue weighted by Crippen LogP contribution is 2.20. The molecule has 3 rings (SSSR count). The van der Waals surface area contributed by atoms with E-state index in [0.717, 1.165) is 32.7 Å². The third-order valence-corrected chi connectivity index (χ3v) is 7.05. The lowest BCUT2D eigenvalue weighted by Gasteiger charge is -2.35. The number of rotatable bonds is 11. The van der Waals surface area contributed by atoms with Crippen molar-refractivity contribution in [3.05, 3.63) is 54.1 Å². The van der Waals surface area contributed by atoms with Gasteiger partial charge in [-0.05, 0) is 67.8 Å². The predicted octanol–water partition coefficient (Wildman–Crippen LogP) is 3.36. The van der Waals surface area contributed by atoms with Crippen LogP contribution >= 0.6 is 0 Å². The normalized spacial score (nSPS) is 15.6. The third-order valence-electron chi connectivity index (χ3n) is 5.65. The minimum Gasteiger partial charge on any atom is -0.494 e. The van der Waals surface area contributed by atoms with Crippen molar-refractivity contribution in [1.82, 2.24) is 10.2 Å². The second kappa shape index (κ2) is 12.2. The van der Waals surface area contributed by atoms with Gasteiger partial charge in [0, 0.05) is 36.9 Å². The Morgan fingerprint density at radius 2 is 1.71 bits per heavy atom. The molecule has 1 heterocycles. The predicted molar refractivity (Wildman–Crippen MR) is 133 cm³/mol. The highest BCUT2D eigenvalue weighted by atomic mass is 32.2. The van der Waals surface area contributed by atoms with Crippen LogP contribution in [0.25, 0.3) is 0 Å². The fourth-order valence-corrected chi connectivity index (χ4v) is 5.00. The van der Waals surface area contributed by atoms with Crippen molar-refractivity contribution >= 4 is 21.6 Å². The van der Waals surface area contributed by atoms with Crippen LogP contribution in [0.4, 0.5) is 5.69 Å². The molecule has 1 amide bonds. The number of benzene rings is 2. The lowest BCUT2D eigenvalue weighted by Crippen LogP contribution is -2.49. The molecule has 1 atom stereocenters. The van der Waals surface area contributed by atoms with E-state index >= 15 is 0 Å². The maximum Gasteiger partial charge on any atom is 0.261 e. The Labute approximate surface area is 202 Å². The Kier molecular flexibility index (Phi) is 9.32. The van der Waals surface area contributed by atoms with Gasteiger partial charge in [0.2, 0.25) is 0 Å². The smallest absolute Gasteiger partial charge is 0.261 e. The molecule has 1 saturated heterocycles. The van der Waals surface area contributed by atoms with Gasteiger partial charge in [-0.1, -0.05) is 13.8 Å². The molecule has 0 spiro atoms. The van der Waals surface area contributed by atoms with Crippen LogP contribution in [0.2, 0.25) is 0 Å². The molecule has 8 nitrogen and oxygen atoms in total. The van der Waals surface area contributed by atoms with Gasteiger partial charge in [0.05, 0.1) is 24.7 Å². The second-order valence-electron chi connectivity index (χ2n) is 8.73. The van der Waals surface area contributed by atoms with Crippen LogP contribution in [0.5, 0.6) is 5.75 Å². The number of nitrogens with zero attached hydrogens (tertiary/aromatic N) is 1. The zero-order valence-electron chi connectivity index (χ0n) is 20.1. The molecule has 0 radical (unpaired) electrons. The number of anilines is 1. The van der Waals surface area contributed by atoms with Crippen molar-refractivity contribution in [3.63, 3.8) is 0 Å². The highest BCUT2D eigenvalue weighted by molar-refractivity contribution is 7.92. The fourth-order valence-electron chi connectivity index (χ4n) is 3.95. The molecular weight excluding hydrogens is 454 g/mol. The highest BCUT2D eigenvalue weighted by Gasteiger charge is 2.23. The Morgan fingerprint density at radius 3 is 2.29 bits per heavy atom. The summed E-state index contributed by atoms with van der Waals surface area (Å²) in [5, 5.41) is 3.04. The molecule has 2 N–H and O–H groups in total. The van der Waals surface area contributed by atoms with Crippen LogP contribution in [0, 0.1) is 5.92 Å². The van der Waals surface area contributed by atoms with Gasteiger partial charge in [-0.15, -0.1) is 0 Å². The standard InChI is InChI=1S/C25H35N3O5S/c1-4-33-23-9-11-24(12-10-23)34(30,31)27-21-7-5-20(6-8-21)25(29)26-18-22(17-19(2)3)28-13-15-32-16-14-28/h5-12,19,22,27H,4,13-18H2,1-3H3,(H,26,29)/t22-/m1/s1. The van der Waals surface area contributed by atoms with E-state index in [-0.39, 0.29) is 16.8 Å². The summed E-state index contributed by atoms with van der Waals surface area (Å²) in [6, 6.07) is 12.9. The molecule has 0 saturated carbocycles. The quantitative estimate of drug-likeness (QED) is 0.502. The van der Waals surface area contributed by atoms with E-state index in [0.29, 0.717) is 36.1 Å². The van der Waals surface area contributed by atoms with Crippen molar-refractivity contribution in [2.75, 3.05) is 44.2 Å². The number of carbonyl (C=O) groups excluding carboxylic acids is 1. The van der Waals surface area contributed by atoms with Gasteiger partial charge >= 0.3 is 0 Å². The SMILES string of the molecule is CCOc1ccc(S(=O)(=O)Nc2ccc(C(=O)NC[C@@H](CC(C)C)N3CCOCC3)cc2)cc1. The van der Waals surface area contributed by atoms with Gasteiger partial charge in [-0.2, -0.15) is 0 Å². The van der Waals surface area contributed by atoms with Crippen LogP contribution in [-0.4, -0.2) is 64.7 Å². The van der Waals surface area contributed by atoms with Crippen LogP contribution in [0.1, 0.15) is 37.6 Å². The minimum absolute atomic E-state index is 0.136. The zero-order valence-corrected chi connectivity index (χ0v) is 20.9. The third kappa shape index (κ3) is 7.44. The number of hydrogen-bond acceptors (Lipinski definition) is 6. The molecule has 0 aliphatic carbocycles. The van der Waals surface area contributed by atoms with Crippen molar-refractivity contribution in [1.29, 1.82) is 0 Å². The second-order valence-corrected chi connectivity index (χ2v) is 10.4. The van der Waals surface area contributed by atoms with E-state index in [9.17, 15) is 13.2 Å². The molecule has 9 heteroatoms. The summed E-state index contributed by atoms with van der Waals surface area (Å²) in [6.07, 6.45) is 0.993. The maximum atomic E-state index is 12.7. The molecular formula is C25H35N3O5S. The molecule has 1 aliphatic rings. The van der Waals surface area contributed by atoms with Gasteiger partial charge in [-0.3, -0.25) is 14.4 Å². The summed E-state index contributed by atoms with van der Waals surface area (Å²) in [5.41, 5.74) is 0.866. The van der Waals surface area contributed by atoms with Gasteiger partial charge < -0.3 is 14.8 Å². The van der Waals surface area contributed by atoms with Gasteiger partial charge in [0.15, 0.2) is 0 Å². The van der Waals surface area contributed by atoms with E-state index in [1.165, 1.54) is 12.1 Å². The Bertz CT molecular complexity index is 1020. The van der Waals surface area contributed by atoms with Crippen molar-refractivity contribution in [3.8, 4) is 5.75 Å². The Balaban J connectivity index is 1.58. The van der Waals surface area contributed by atoms with E-state index < -0.39 is 10.0 Å². The molecule has 0 bridgehead atoms. The number of carbonyl (C=O) groups is 1. The van der Waals surface area contributed by atoms with Gasteiger partial charge in [0.1, 0.15) is 5.75 Å². The van der Waals surface area contributed by atoms with Crippen molar-refractivity contribution in [2.45, 2.75) is 38.1 Å². The van der Waals surface area contributed by atoms with E-state index in [2.05, 4.69) is 28.8 Å².